The van der Waals surface area contributed by atoms with Crippen LogP contribution >= 0.6 is 7.82 Å². The van der Waals surface area contributed by atoms with Gasteiger partial charge in [-0.25, -0.2) is 9.36 Å². The van der Waals surface area contributed by atoms with Gasteiger partial charge in [0.2, 0.25) is 5.91 Å². The molecule has 0 aliphatic carbocycles. The lowest BCUT2D eigenvalue weighted by Gasteiger charge is -2.18. The van der Waals surface area contributed by atoms with Gasteiger partial charge in [-0.05, 0) is 38.5 Å². The molecule has 0 bridgehead atoms. The van der Waals surface area contributed by atoms with Crippen LogP contribution in [0.4, 0.5) is 0 Å². The van der Waals surface area contributed by atoms with Crippen molar-refractivity contribution in [3.05, 3.63) is 12.2 Å². The van der Waals surface area contributed by atoms with E-state index in [2.05, 4.69) is 31.3 Å². The Morgan fingerprint density at radius 2 is 1.11 bits per heavy atom. The molecule has 0 radical (unpaired) electrons. The van der Waals surface area contributed by atoms with Crippen LogP contribution in [0.5, 0.6) is 0 Å². The van der Waals surface area contributed by atoms with Gasteiger partial charge in [0.1, 0.15) is 12.7 Å². The van der Waals surface area contributed by atoms with Gasteiger partial charge >= 0.3 is 19.8 Å². The highest BCUT2D eigenvalue weighted by Gasteiger charge is 2.28. The van der Waals surface area contributed by atoms with Crippen LogP contribution in [0.1, 0.15) is 162 Å². The number of aliphatic hydroxyl groups is 1. The maximum Gasteiger partial charge on any atom is 0.472 e. The maximum absolute atomic E-state index is 12.1. The fraction of sp³-hybridized carbons (Fsp3) is 0.857. The van der Waals surface area contributed by atoms with Crippen molar-refractivity contribution in [2.75, 3.05) is 19.8 Å². The number of hydrogen-bond acceptors (Lipinski definition) is 8. The van der Waals surface area contributed by atoms with Crippen molar-refractivity contribution >= 4 is 25.7 Å². The number of phosphoric acid groups is 1. The van der Waals surface area contributed by atoms with Crippen molar-refractivity contribution in [1.82, 2.24) is 5.32 Å². The average molecular weight is 692 g/mol. The van der Waals surface area contributed by atoms with E-state index in [1.54, 1.807) is 0 Å². The van der Waals surface area contributed by atoms with Gasteiger partial charge in [0.05, 0.1) is 13.2 Å². The minimum absolute atomic E-state index is 0.142. The number of rotatable bonds is 34. The second-order valence-corrected chi connectivity index (χ2v) is 13.9. The van der Waals surface area contributed by atoms with Gasteiger partial charge in [-0.3, -0.25) is 18.6 Å². The molecule has 4 N–H and O–H groups in total. The van der Waals surface area contributed by atoms with E-state index in [9.17, 15) is 34.1 Å². The zero-order chi connectivity index (χ0) is 35.0. The Labute approximate surface area is 284 Å². The summed E-state index contributed by atoms with van der Waals surface area (Å²) in [6.07, 6.45) is 27.4. The third-order valence-corrected chi connectivity index (χ3v) is 8.76. The van der Waals surface area contributed by atoms with Crippen LogP contribution in [0.25, 0.3) is 0 Å². The van der Waals surface area contributed by atoms with Gasteiger partial charge in [-0.15, -0.1) is 0 Å². The lowest BCUT2D eigenvalue weighted by atomic mass is 10.1. The largest absolute Gasteiger partial charge is 0.480 e. The minimum atomic E-state index is -4.73. The van der Waals surface area contributed by atoms with Crippen molar-refractivity contribution in [2.45, 2.75) is 174 Å². The topological polar surface area (TPSA) is 169 Å². The first kappa shape index (κ1) is 45.2. The van der Waals surface area contributed by atoms with Crippen molar-refractivity contribution in [2.24, 2.45) is 0 Å². The molecule has 47 heavy (non-hydrogen) atoms. The number of nitrogens with one attached hydrogen (secondary N) is 1. The summed E-state index contributed by atoms with van der Waals surface area (Å²) < 4.78 is 26.5. The molecule has 11 nitrogen and oxygen atoms in total. The standard InChI is InChI=1S/C35H66NO10P/c1-3-5-7-9-10-11-12-13-14-15-16-17-18-19-20-21-23-25-27-34(39)44-28-31(37)29-45-47(42,43)46-30-32(35(40)41)36-33(38)26-24-22-8-6-4-2/h14-15,31-32,37H,3-13,16-30H2,1-2H3,(H,36,38)(H,40,41)(H,42,43)/b15-14-. The number of ether oxygens (including phenoxy) is 1. The SMILES string of the molecule is CCCCCCCCC/C=C\CCCCCCCCCC(=O)OCC(O)COP(=O)(O)OCC(NC(=O)CCCCCCC)C(=O)O. The molecule has 276 valence electrons. The van der Waals surface area contributed by atoms with Crippen molar-refractivity contribution in [1.29, 1.82) is 0 Å². The normalized spacial score (nSPS) is 14.1. The summed E-state index contributed by atoms with van der Waals surface area (Å²) in [5, 5.41) is 21.5. The smallest absolute Gasteiger partial charge is 0.472 e. The van der Waals surface area contributed by atoms with E-state index in [1.165, 1.54) is 70.6 Å². The number of phosphoric ester groups is 1. The number of aliphatic carboxylic acids is 1. The van der Waals surface area contributed by atoms with Crippen LogP contribution in [0.2, 0.25) is 0 Å². The second-order valence-electron chi connectivity index (χ2n) is 12.4. The average Bonchev–Trinajstić information content (AvgIpc) is 3.04. The van der Waals surface area contributed by atoms with Crippen molar-refractivity contribution < 1.29 is 47.8 Å². The molecule has 0 aromatic rings. The highest BCUT2D eigenvalue weighted by atomic mass is 31.2. The molecule has 0 fully saturated rings. The van der Waals surface area contributed by atoms with Gasteiger partial charge in [0, 0.05) is 12.8 Å². The van der Waals surface area contributed by atoms with Crippen LogP contribution in [-0.4, -0.2) is 64.9 Å². The molecule has 0 aliphatic heterocycles. The molecule has 0 saturated heterocycles. The fourth-order valence-electron chi connectivity index (χ4n) is 4.90. The van der Waals surface area contributed by atoms with Crippen LogP contribution in [0.3, 0.4) is 0 Å². The van der Waals surface area contributed by atoms with Gasteiger partial charge < -0.3 is 25.2 Å². The number of carboxylic acid groups (broad SMARTS) is 1. The predicted molar refractivity (Wildman–Crippen MR) is 185 cm³/mol. The van der Waals surface area contributed by atoms with Crippen molar-refractivity contribution in [3.63, 3.8) is 0 Å². The van der Waals surface area contributed by atoms with Gasteiger partial charge in [-0.2, -0.15) is 0 Å². The summed E-state index contributed by atoms with van der Waals surface area (Å²) in [5.74, 6) is -2.39. The summed E-state index contributed by atoms with van der Waals surface area (Å²) in [4.78, 5) is 45.2. The van der Waals surface area contributed by atoms with E-state index < -0.39 is 57.6 Å². The number of carbonyl (C=O) groups excluding carboxylic acids is 2. The maximum atomic E-state index is 12.1. The molecular formula is C35H66NO10P. The number of carbonyl (C=O) groups is 3. The quantitative estimate of drug-likeness (QED) is 0.0224. The lowest BCUT2D eigenvalue weighted by Crippen LogP contribution is -2.43. The van der Waals surface area contributed by atoms with E-state index in [-0.39, 0.29) is 12.8 Å². The summed E-state index contributed by atoms with van der Waals surface area (Å²) in [6, 6.07) is -1.54. The fourth-order valence-corrected chi connectivity index (χ4v) is 5.67. The molecule has 3 atom stereocenters. The van der Waals surface area contributed by atoms with E-state index in [0.29, 0.717) is 12.8 Å². The highest BCUT2D eigenvalue weighted by Crippen LogP contribution is 2.43. The monoisotopic (exact) mass is 691 g/mol. The van der Waals surface area contributed by atoms with Gasteiger partial charge in [0.15, 0.2) is 6.04 Å². The Hall–Kier alpha value is -1.78. The molecule has 0 rings (SSSR count). The van der Waals surface area contributed by atoms with Crippen LogP contribution in [-0.2, 0) is 32.7 Å². The first-order chi connectivity index (χ1) is 22.6. The molecule has 0 heterocycles. The predicted octanol–water partition coefficient (Wildman–Crippen LogP) is 8.16. The van der Waals surface area contributed by atoms with E-state index in [4.69, 9.17) is 13.8 Å². The van der Waals surface area contributed by atoms with E-state index in [1.807, 2.05) is 0 Å². The van der Waals surface area contributed by atoms with Crippen LogP contribution < -0.4 is 5.32 Å². The number of unbranched alkanes of at least 4 members (excludes halogenated alkanes) is 18. The molecule has 0 saturated carbocycles. The molecule has 1 amide bonds. The number of amides is 1. The summed E-state index contributed by atoms with van der Waals surface area (Å²) in [5.41, 5.74) is 0. The van der Waals surface area contributed by atoms with E-state index in [0.717, 1.165) is 51.4 Å². The molecule has 0 spiro atoms. The Morgan fingerprint density at radius 1 is 0.660 bits per heavy atom. The van der Waals surface area contributed by atoms with Gasteiger partial charge in [0.25, 0.3) is 0 Å². The molecular weight excluding hydrogens is 625 g/mol. The first-order valence-corrected chi connectivity index (χ1v) is 19.7. The van der Waals surface area contributed by atoms with Gasteiger partial charge in [-0.1, -0.05) is 122 Å². The first-order valence-electron chi connectivity index (χ1n) is 18.2. The number of aliphatic hydroxyl groups excluding tert-OH is 1. The third-order valence-electron chi connectivity index (χ3n) is 7.80. The molecule has 0 aromatic carbocycles. The molecule has 0 aliphatic rings. The lowest BCUT2D eigenvalue weighted by molar-refractivity contribution is -0.147. The third kappa shape index (κ3) is 31.3. The molecule has 3 unspecified atom stereocenters. The second kappa shape index (κ2) is 31.5. The summed E-state index contributed by atoms with van der Waals surface area (Å²) >= 11 is 0. The summed E-state index contributed by atoms with van der Waals surface area (Å²) in [6.45, 7) is 2.44. The minimum Gasteiger partial charge on any atom is -0.480 e. The Morgan fingerprint density at radius 3 is 1.62 bits per heavy atom. The Balaban J connectivity index is 3.85. The molecule has 0 aromatic heterocycles. The Kier molecular flexibility index (Phi) is 30.3. The number of esters is 1. The number of carboxylic acids is 1. The Bertz CT molecular complexity index is 869. The van der Waals surface area contributed by atoms with Crippen LogP contribution in [0, 0.1) is 0 Å². The zero-order valence-corrected chi connectivity index (χ0v) is 30.2. The van der Waals surface area contributed by atoms with E-state index >= 15 is 0 Å². The van der Waals surface area contributed by atoms with Crippen LogP contribution in [0.15, 0.2) is 12.2 Å². The van der Waals surface area contributed by atoms with Crippen molar-refractivity contribution in [3.8, 4) is 0 Å². The highest BCUT2D eigenvalue weighted by molar-refractivity contribution is 7.47. The summed E-state index contributed by atoms with van der Waals surface area (Å²) in [7, 11) is -4.73. The number of hydrogen-bond donors (Lipinski definition) is 4. The molecule has 12 heteroatoms. The zero-order valence-electron chi connectivity index (χ0n) is 29.3. The number of allylic oxidation sites excluding steroid dienone is 2.